The van der Waals surface area contributed by atoms with Crippen molar-refractivity contribution in [2.24, 2.45) is 0 Å². The zero-order valence-electron chi connectivity index (χ0n) is 14.8. The number of ether oxygens (including phenoxy) is 1. The lowest BCUT2D eigenvalue weighted by atomic mass is 10.1. The highest BCUT2D eigenvalue weighted by molar-refractivity contribution is 7.09. The monoisotopic (exact) mass is 380 g/mol. The van der Waals surface area contributed by atoms with Gasteiger partial charge in [0.05, 0.1) is 13.2 Å². The summed E-state index contributed by atoms with van der Waals surface area (Å²) in [5.41, 5.74) is 2.74. The van der Waals surface area contributed by atoms with E-state index in [1.807, 2.05) is 59.5 Å². The number of aromatic nitrogens is 2. The molecule has 0 radical (unpaired) electrons. The number of benzene rings is 2. The molecule has 4 rings (SSSR count). The summed E-state index contributed by atoms with van der Waals surface area (Å²) >= 11 is 1.34. The van der Waals surface area contributed by atoms with Gasteiger partial charge < -0.3 is 15.0 Å². The Labute approximate surface area is 162 Å². The average molecular weight is 380 g/mol. The molecule has 0 aliphatic carbocycles. The second kappa shape index (κ2) is 8.28. The molecule has 0 unspecified atom stereocenters. The van der Waals surface area contributed by atoms with Crippen LogP contribution in [0.2, 0.25) is 0 Å². The first-order chi connectivity index (χ1) is 13.3. The smallest absolute Gasteiger partial charge is 0.254 e. The molecule has 6 nitrogen and oxygen atoms in total. The summed E-state index contributed by atoms with van der Waals surface area (Å²) in [7, 11) is 0. The number of carbonyl (C=O) groups excluding carboxylic acids is 1. The van der Waals surface area contributed by atoms with Gasteiger partial charge in [0, 0.05) is 42.3 Å². The van der Waals surface area contributed by atoms with Crippen molar-refractivity contribution in [3.05, 3.63) is 65.7 Å². The predicted molar refractivity (Wildman–Crippen MR) is 106 cm³/mol. The van der Waals surface area contributed by atoms with Gasteiger partial charge in [-0.25, -0.2) is 0 Å². The third-order valence-electron chi connectivity index (χ3n) is 4.37. The molecule has 0 saturated carbocycles. The third-order valence-corrected chi connectivity index (χ3v) is 5.05. The van der Waals surface area contributed by atoms with Gasteiger partial charge in [0.1, 0.15) is 0 Å². The summed E-state index contributed by atoms with van der Waals surface area (Å²) in [4.78, 5) is 19.0. The van der Waals surface area contributed by atoms with E-state index in [4.69, 9.17) is 4.74 Å². The van der Waals surface area contributed by atoms with Crippen molar-refractivity contribution in [3.63, 3.8) is 0 Å². The molecule has 138 valence electrons. The van der Waals surface area contributed by atoms with E-state index in [9.17, 15) is 4.79 Å². The van der Waals surface area contributed by atoms with Crippen molar-refractivity contribution in [1.82, 2.24) is 14.3 Å². The Morgan fingerprint density at radius 3 is 2.74 bits per heavy atom. The Bertz CT molecular complexity index is 907. The van der Waals surface area contributed by atoms with E-state index < -0.39 is 0 Å². The molecule has 1 aliphatic rings. The van der Waals surface area contributed by atoms with E-state index in [-0.39, 0.29) is 5.91 Å². The van der Waals surface area contributed by atoms with Gasteiger partial charge in [-0.3, -0.25) is 4.79 Å². The Balaban J connectivity index is 1.40. The quantitative estimate of drug-likeness (QED) is 0.736. The van der Waals surface area contributed by atoms with Crippen LogP contribution in [0.5, 0.6) is 0 Å². The van der Waals surface area contributed by atoms with Gasteiger partial charge >= 0.3 is 0 Å². The topological polar surface area (TPSA) is 67.4 Å². The van der Waals surface area contributed by atoms with Crippen LogP contribution in [0.4, 0.5) is 5.13 Å². The maximum absolute atomic E-state index is 12.6. The highest BCUT2D eigenvalue weighted by atomic mass is 32.1. The Hall–Kier alpha value is -2.77. The van der Waals surface area contributed by atoms with Crippen molar-refractivity contribution in [1.29, 1.82) is 0 Å². The first kappa shape index (κ1) is 17.6. The summed E-state index contributed by atoms with van der Waals surface area (Å²) in [6.45, 7) is 3.10. The normalized spacial score (nSPS) is 14.1. The minimum absolute atomic E-state index is 0.0578. The zero-order valence-corrected chi connectivity index (χ0v) is 15.6. The molecular weight excluding hydrogens is 360 g/mol. The first-order valence-corrected chi connectivity index (χ1v) is 9.66. The van der Waals surface area contributed by atoms with E-state index in [1.165, 1.54) is 11.5 Å². The first-order valence-electron chi connectivity index (χ1n) is 8.88. The summed E-state index contributed by atoms with van der Waals surface area (Å²) in [5.74, 6) is 0.779. The SMILES string of the molecule is O=C(c1cccc(CNc2nc(-c3ccccc3)ns2)c1)N1CCOCC1. The molecule has 1 N–H and O–H groups in total. The van der Waals surface area contributed by atoms with Crippen LogP contribution < -0.4 is 5.32 Å². The summed E-state index contributed by atoms with van der Waals surface area (Å²) in [6, 6.07) is 17.6. The van der Waals surface area contributed by atoms with E-state index in [2.05, 4.69) is 14.7 Å². The number of nitrogens with zero attached hydrogens (tertiary/aromatic N) is 3. The molecule has 2 heterocycles. The summed E-state index contributed by atoms with van der Waals surface area (Å²) in [5, 5.41) is 4.06. The lowest BCUT2D eigenvalue weighted by Gasteiger charge is -2.27. The number of rotatable bonds is 5. The molecule has 2 aromatic carbocycles. The van der Waals surface area contributed by atoms with Crippen LogP contribution in [0.15, 0.2) is 54.6 Å². The van der Waals surface area contributed by atoms with E-state index in [0.29, 0.717) is 38.4 Å². The maximum atomic E-state index is 12.6. The van der Waals surface area contributed by atoms with E-state index in [1.54, 1.807) is 0 Å². The minimum Gasteiger partial charge on any atom is -0.378 e. The van der Waals surface area contributed by atoms with Crippen LogP contribution in [-0.2, 0) is 11.3 Å². The molecule has 7 heteroatoms. The average Bonchev–Trinajstić information content (AvgIpc) is 3.22. The largest absolute Gasteiger partial charge is 0.378 e. The van der Waals surface area contributed by atoms with Crippen LogP contribution >= 0.6 is 11.5 Å². The van der Waals surface area contributed by atoms with Gasteiger partial charge in [0.15, 0.2) is 5.82 Å². The molecule has 1 aromatic heterocycles. The molecule has 1 amide bonds. The highest BCUT2D eigenvalue weighted by Crippen LogP contribution is 2.21. The van der Waals surface area contributed by atoms with Crippen molar-refractivity contribution in [2.45, 2.75) is 6.54 Å². The van der Waals surface area contributed by atoms with Gasteiger partial charge in [-0.1, -0.05) is 42.5 Å². The maximum Gasteiger partial charge on any atom is 0.254 e. The van der Waals surface area contributed by atoms with Crippen LogP contribution in [0.25, 0.3) is 11.4 Å². The van der Waals surface area contributed by atoms with Gasteiger partial charge in [-0.05, 0) is 17.7 Å². The van der Waals surface area contributed by atoms with Crippen molar-refractivity contribution >= 4 is 22.6 Å². The number of hydrogen-bond donors (Lipinski definition) is 1. The number of nitrogens with one attached hydrogen (secondary N) is 1. The molecule has 27 heavy (non-hydrogen) atoms. The predicted octanol–water partition coefficient (Wildman–Crippen LogP) is 3.29. The molecular formula is C20H20N4O2S. The van der Waals surface area contributed by atoms with Crippen LogP contribution in [0.1, 0.15) is 15.9 Å². The van der Waals surface area contributed by atoms with Gasteiger partial charge in [-0.15, -0.1) is 0 Å². The standard InChI is InChI=1S/C20H20N4O2S/c25-19(24-9-11-26-12-10-24)17-8-4-5-15(13-17)14-21-20-22-18(23-27-20)16-6-2-1-3-7-16/h1-8,13H,9-12,14H2,(H,21,22,23). The number of morpholine rings is 1. The zero-order chi connectivity index (χ0) is 18.5. The molecule has 0 bridgehead atoms. The Morgan fingerprint density at radius 1 is 1.11 bits per heavy atom. The fourth-order valence-corrected chi connectivity index (χ4v) is 3.52. The number of hydrogen-bond acceptors (Lipinski definition) is 6. The fourth-order valence-electron chi connectivity index (χ4n) is 2.94. The third kappa shape index (κ3) is 4.32. The molecule has 1 fully saturated rings. The molecule has 0 spiro atoms. The summed E-state index contributed by atoms with van der Waals surface area (Å²) in [6.07, 6.45) is 0. The van der Waals surface area contributed by atoms with E-state index in [0.717, 1.165) is 22.1 Å². The number of carbonyl (C=O) groups is 1. The molecule has 3 aromatic rings. The number of anilines is 1. The molecule has 1 saturated heterocycles. The second-order valence-electron chi connectivity index (χ2n) is 6.25. The van der Waals surface area contributed by atoms with Gasteiger partial charge in [0.2, 0.25) is 5.13 Å². The Kier molecular flexibility index (Phi) is 5.41. The van der Waals surface area contributed by atoms with Crippen LogP contribution in [0, 0.1) is 0 Å². The number of amides is 1. The van der Waals surface area contributed by atoms with Crippen LogP contribution in [0.3, 0.4) is 0 Å². The molecule has 1 aliphatic heterocycles. The van der Waals surface area contributed by atoms with E-state index >= 15 is 0 Å². The van der Waals surface area contributed by atoms with Crippen molar-refractivity contribution in [3.8, 4) is 11.4 Å². The molecule has 0 atom stereocenters. The van der Waals surface area contributed by atoms with Gasteiger partial charge in [-0.2, -0.15) is 9.36 Å². The lowest BCUT2D eigenvalue weighted by Crippen LogP contribution is -2.40. The second-order valence-corrected chi connectivity index (χ2v) is 7.00. The van der Waals surface area contributed by atoms with Crippen molar-refractivity contribution < 1.29 is 9.53 Å². The Morgan fingerprint density at radius 2 is 1.93 bits per heavy atom. The highest BCUT2D eigenvalue weighted by Gasteiger charge is 2.18. The lowest BCUT2D eigenvalue weighted by molar-refractivity contribution is 0.0303. The van der Waals surface area contributed by atoms with Crippen molar-refractivity contribution in [2.75, 3.05) is 31.6 Å². The summed E-state index contributed by atoms with van der Waals surface area (Å²) < 4.78 is 9.72. The fraction of sp³-hybridized carbons (Fsp3) is 0.250. The van der Waals surface area contributed by atoms with Crippen LogP contribution in [-0.4, -0.2) is 46.5 Å². The van der Waals surface area contributed by atoms with Gasteiger partial charge in [0.25, 0.3) is 5.91 Å². The minimum atomic E-state index is 0.0578.